The van der Waals surface area contributed by atoms with E-state index in [0.717, 1.165) is 0 Å². The Bertz CT molecular complexity index is 420. The van der Waals surface area contributed by atoms with Crippen molar-refractivity contribution in [2.45, 2.75) is 0 Å². The van der Waals surface area contributed by atoms with Gasteiger partial charge in [0, 0.05) is 0 Å². The fraction of sp³-hybridized carbons (Fsp3) is 0.500. The monoisotopic (exact) mass is 312 g/mol. The van der Waals surface area contributed by atoms with Crippen LogP contribution < -0.4 is 0 Å². The maximum Gasteiger partial charge on any atom is 0.333 e. The second kappa shape index (κ2) is 12.2. The van der Waals surface area contributed by atoms with Crippen LogP contribution in [0, 0.1) is 30.6 Å². The van der Waals surface area contributed by atoms with E-state index in [0.29, 0.717) is 0 Å². The number of terminal acetylenes is 2. The van der Waals surface area contributed by atoms with E-state index in [1.165, 1.54) is 0 Å². The number of carboxylic acids is 1. The van der Waals surface area contributed by atoms with Gasteiger partial charge in [0.25, 0.3) is 0 Å². The van der Waals surface area contributed by atoms with Gasteiger partial charge in [-0.3, -0.25) is 4.79 Å². The molecule has 0 aromatic heterocycles. The fourth-order valence-corrected chi connectivity index (χ4v) is 1.09. The van der Waals surface area contributed by atoms with Crippen LogP contribution in [0.3, 0.4) is 0 Å². The average Bonchev–Trinajstić information content (AvgIpc) is 2.49. The lowest BCUT2D eigenvalue weighted by atomic mass is 10.2. The third-order valence-electron chi connectivity index (χ3n) is 2.06. The number of carbonyl (C=O) groups is 3. The van der Waals surface area contributed by atoms with Crippen LogP contribution >= 0.6 is 0 Å². The molecule has 0 bridgehead atoms. The number of aliphatic carboxylic acids is 1. The van der Waals surface area contributed by atoms with E-state index in [-0.39, 0.29) is 26.4 Å². The Morgan fingerprint density at radius 2 is 1.32 bits per heavy atom. The molecule has 22 heavy (non-hydrogen) atoms. The van der Waals surface area contributed by atoms with Crippen molar-refractivity contribution in [3.63, 3.8) is 0 Å². The fourth-order valence-electron chi connectivity index (χ4n) is 1.09. The molecule has 0 heterocycles. The van der Waals surface area contributed by atoms with Crippen molar-refractivity contribution in [3.05, 3.63) is 0 Å². The van der Waals surface area contributed by atoms with Crippen LogP contribution in [0.25, 0.3) is 0 Å². The van der Waals surface area contributed by atoms with Crippen molar-refractivity contribution < 1.29 is 38.4 Å². The summed E-state index contributed by atoms with van der Waals surface area (Å²) in [5.41, 5.74) is 0. The van der Waals surface area contributed by atoms with Gasteiger partial charge in [-0.05, 0) is 0 Å². The molecule has 0 fully saturated rings. The zero-order valence-electron chi connectivity index (χ0n) is 11.8. The Balaban J connectivity index is 3.95. The molecule has 0 rings (SSSR count). The Kier molecular flexibility index (Phi) is 10.8. The van der Waals surface area contributed by atoms with Crippen molar-refractivity contribution in [1.82, 2.24) is 0 Å². The zero-order chi connectivity index (χ0) is 16.8. The molecule has 0 saturated heterocycles. The highest BCUT2D eigenvalue weighted by Crippen LogP contribution is 2.00. The summed E-state index contributed by atoms with van der Waals surface area (Å²) in [6.45, 7) is -1.83. The molecule has 0 atom stereocenters. The van der Waals surface area contributed by atoms with Crippen LogP contribution in [0.2, 0.25) is 0 Å². The second-order valence-corrected chi connectivity index (χ2v) is 3.80. The number of esters is 2. The second-order valence-electron chi connectivity index (χ2n) is 3.80. The molecule has 8 nitrogen and oxygen atoms in total. The van der Waals surface area contributed by atoms with Gasteiger partial charge in [0.15, 0.2) is 13.2 Å². The molecular weight excluding hydrogens is 296 g/mol. The van der Waals surface area contributed by atoms with Crippen molar-refractivity contribution in [2.75, 3.05) is 39.6 Å². The Morgan fingerprint density at radius 1 is 0.909 bits per heavy atom. The molecular formula is C14H16O8. The lowest BCUT2D eigenvalue weighted by Crippen LogP contribution is -2.28. The number of carboxylic acid groups (broad SMARTS) is 1. The number of hydrogen-bond donors (Lipinski definition) is 1. The van der Waals surface area contributed by atoms with Crippen molar-refractivity contribution in [1.29, 1.82) is 0 Å². The van der Waals surface area contributed by atoms with E-state index in [1.54, 1.807) is 0 Å². The van der Waals surface area contributed by atoms with Gasteiger partial charge in [0.1, 0.15) is 19.1 Å². The minimum absolute atomic E-state index is 0.187. The van der Waals surface area contributed by atoms with Gasteiger partial charge in [-0.2, -0.15) is 0 Å². The first kappa shape index (κ1) is 19.4. The lowest BCUT2D eigenvalue weighted by molar-refractivity contribution is -0.156. The number of rotatable bonds is 11. The third-order valence-corrected chi connectivity index (χ3v) is 2.06. The van der Waals surface area contributed by atoms with Crippen LogP contribution in [-0.2, 0) is 33.3 Å². The maximum absolute atomic E-state index is 11.1. The summed E-state index contributed by atoms with van der Waals surface area (Å²) in [7, 11) is 0. The van der Waals surface area contributed by atoms with Crippen LogP contribution in [0.5, 0.6) is 0 Å². The van der Waals surface area contributed by atoms with Crippen LogP contribution in [0.4, 0.5) is 0 Å². The number of ether oxygens (including phenoxy) is 4. The summed E-state index contributed by atoms with van der Waals surface area (Å²) in [4.78, 5) is 33.1. The molecule has 0 saturated carbocycles. The molecule has 0 spiro atoms. The molecule has 120 valence electrons. The number of hydrogen-bond acceptors (Lipinski definition) is 7. The SMILES string of the molecule is C#CCOC(=O)COCC(COCC(=O)OCC#C)C(=O)O. The summed E-state index contributed by atoms with van der Waals surface area (Å²) < 4.78 is 18.8. The summed E-state index contributed by atoms with van der Waals surface area (Å²) in [6.07, 6.45) is 9.78. The summed E-state index contributed by atoms with van der Waals surface area (Å²) in [5.74, 6) is 0.531. The van der Waals surface area contributed by atoms with E-state index in [1.807, 2.05) is 0 Å². The van der Waals surface area contributed by atoms with Gasteiger partial charge in [-0.15, -0.1) is 12.8 Å². The molecule has 0 aliphatic rings. The van der Waals surface area contributed by atoms with Gasteiger partial charge in [-0.25, -0.2) is 9.59 Å². The Morgan fingerprint density at radius 3 is 1.64 bits per heavy atom. The smallest absolute Gasteiger partial charge is 0.333 e. The average molecular weight is 312 g/mol. The van der Waals surface area contributed by atoms with Gasteiger partial charge >= 0.3 is 17.9 Å². The van der Waals surface area contributed by atoms with Gasteiger partial charge in [0.2, 0.25) is 0 Å². The maximum atomic E-state index is 11.1. The molecule has 0 unspecified atom stereocenters. The minimum Gasteiger partial charge on any atom is -0.481 e. The number of carbonyl (C=O) groups excluding carboxylic acids is 2. The van der Waals surface area contributed by atoms with Crippen LogP contribution in [0.15, 0.2) is 0 Å². The molecule has 1 N–H and O–H groups in total. The van der Waals surface area contributed by atoms with Crippen molar-refractivity contribution in [2.24, 2.45) is 5.92 Å². The highest BCUT2D eigenvalue weighted by molar-refractivity contribution is 5.72. The molecule has 0 aliphatic heterocycles. The van der Waals surface area contributed by atoms with Gasteiger partial charge < -0.3 is 24.1 Å². The summed E-state index contributed by atoms with van der Waals surface area (Å²) >= 11 is 0. The van der Waals surface area contributed by atoms with E-state index < -0.39 is 37.0 Å². The predicted molar refractivity (Wildman–Crippen MR) is 72.3 cm³/mol. The topological polar surface area (TPSA) is 108 Å². The van der Waals surface area contributed by atoms with Crippen LogP contribution in [0.1, 0.15) is 0 Å². The van der Waals surface area contributed by atoms with E-state index in [9.17, 15) is 14.4 Å². The molecule has 0 aromatic rings. The molecule has 8 heteroatoms. The predicted octanol–water partition coefficient (Wildman–Crippen LogP) is -0.927. The zero-order valence-corrected chi connectivity index (χ0v) is 11.8. The first-order valence-corrected chi connectivity index (χ1v) is 6.07. The molecule has 0 radical (unpaired) electrons. The van der Waals surface area contributed by atoms with Gasteiger partial charge in [0.05, 0.1) is 13.2 Å². The van der Waals surface area contributed by atoms with E-state index in [2.05, 4.69) is 21.3 Å². The van der Waals surface area contributed by atoms with E-state index >= 15 is 0 Å². The lowest BCUT2D eigenvalue weighted by Gasteiger charge is -2.12. The van der Waals surface area contributed by atoms with Crippen LogP contribution in [-0.4, -0.2) is 62.7 Å². The largest absolute Gasteiger partial charge is 0.481 e. The quantitative estimate of drug-likeness (QED) is 0.385. The Labute approximate surface area is 127 Å². The minimum atomic E-state index is -1.20. The first-order valence-electron chi connectivity index (χ1n) is 6.07. The standard InChI is InChI=1S/C14H16O8/c1-3-5-21-12(15)9-19-7-11(14(17)18)8-20-10-13(16)22-6-4-2/h1-2,11H,5-10H2,(H,17,18). The summed E-state index contributed by atoms with van der Waals surface area (Å²) in [5, 5.41) is 8.94. The molecule has 0 aliphatic carbocycles. The van der Waals surface area contributed by atoms with Crippen molar-refractivity contribution >= 4 is 17.9 Å². The summed E-state index contributed by atoms with van der Waals surface area (Å²) in [6, 6.07) is 0. The van der Waals surface area contributed by atoms with Gasteiger partial charge in [-0.1, -0.05) is 11.8 Å². The van der Waals surface area contributed by atoms with Crippen molar-refractivity contribution in [3.8, 4) is 24.7 Å². The highest BCUT2D eigenvalue weighted by atomic mass is 16.6. The van der Waals surface area contributed by atoms with E-state index in [4.69, 9.17) is 27.4 Å². The first-order chi connectivity index (χ1) is 10.5. The molecule has 0 amide bonds. The highest BCUT2D eigenvalue weighted by Gasteiger charge is 2.19. The normalized spacial score (nSPS) is 9.59. The Hall–Kier alpha value is -2.55. The molecule has 0 aromatic carbocycles. The third kappa shape index (κ3) is 10.3.